The molecule has 2 atom stereocenters. The Hall–Kier alpha value is -0.940. The number of nitrogens with two attached hydrogens (primary N) is 1. The lowest BCUT2D eigenvalue weighted by atomic mass is 10.1. The maximum Gasteiger partial charge on any atom is 0.138 e. The summed E-state index contributed by atoms with van der Waals surface area (Å²) < 4.78 is 7.28. The molecule has 0 amide bonds. The molecule has 2 unspecified atom stereocenters. The van der Waals surface area contributed by atoms with Crippen molar-refractivity contribution < 1.29 is 4.74 Å². The van der Waals surface area contributed by atoms with E-state index in [4.69, 9.17) is 10.5 Å². The molecule has 1 aliphatic heterocycles. The third-order valence-electron chi connectivity index (χ3n) is 2.67. The SMILES string of the molecule is Cn1ncnc1CC(N)C1CCCO1. The number of aryl methyl sites for hydroxylation is 1. The van der Waals surface area contributed by atoms with Crippen molar-refractivity contribution in [1.29, 1.82) is 0 Å². The number of rotatable bonds is 3. The van der Waals surface area contributed by atoms with Crippen molar-refractivity contribution in [1.82, 2.24) is 14.8 Å². The molecule has 1 aromatic rings. The van der Waals surface area contributed by atoms with Crippen LogP contribution in [0.5, 0.6) is 0 Å². The highest BCUT2D eigenvalue weighted by molar-refractivity contribution is 4.91. The van der Waals surface area contributed by atoms with Crippen LogP contribution in [0.3, 0.4) is 0 Å². The van der Waals surface area contributed by atoms with E-state index >= 15 is 0 Å². The number of hydrogen-bond donors (Lipinski definition) is 1. The lowest BCUT2D eigenvalue weighted by Crippen LogP contribution is -2.36. The summed E-state index contributed by atoms with van der Waals surface area (Å²) in [7, 11) is 1.88. The van der Waals surface area contributed by atoms with Crippen molar-refractivity contribution >= 4 is 0 Å². The Labute approximate surface area is 83.3 Å². The Morgan fingerprint density at radius 2 is 2.64 bits per heavy atom. The molecule has 0 aliphatic carbocycles. The molecular formula is C9H16N4O. The number of ether oxygens (including phenoxy) is 1. The predicted octanol–water partition coefficient (Wildman–Crippen LogP) is -0.136. The highest BCUT2D eigenvalue weighted by Crippen LogP contribution is 2.16. The Bertz CT molecular complexity index is 293. The number of hydrogen-bond acceptors (Lipinski definition) is 4. The van der Waals surface area contributed by atoms with Crippen LogP contribution in [0.4, 0.5) is 0 Å². The summed E-state index contributed by atoms with van der Waals surface area (Å²) in [4.78, 5) is 4.14. The van der Waals surface area contributed by atoms with Gasteiger partial charge in [0.25, 0.3) is 0 Å². The van der Waals surface area contributed by atoms with Gasteiger partial charge in [-0.25, -0.2) is 4.98 Å². The van der Waals surface area contributed by atoms with E-state index in [1.807, 2.05) is 7.05 Å². The van der Waals surface area contributed by atoms with Crippen LogP contribution in [0.15, 0.2) is 6.33 Å². The molecule has 0 radical (unpaired) electrons. The van der Waals surface area contributed by atoms with E-state index in [2.05, 4.69) is 10.1 Å². The highest BCUT2D eigenvalue weighted by atomic mass is 16.5. The normalized spacial score (nSPS) is 24.0. The smallest absolute Gasteiger partial charge is 0.138 e. The van der Waals surface area contributed by atoms with Crippen LogP contribution in [0.25, 0.3) is 0 Å². The van der Waals surface area contributed by atoms with Crippen LogP contribution < -0.4 is 5.73 Å². The van der Waals surface area contributed by atoms with Gasteiger partial charge in [-0.1, -0.05) is 0 Å². The molecule has 1 aliphatic rings. The summed E-state index contributed by atoms with van der Waals surface area (Å²) in [5.41, 5.74) is 6.03. The van der Waals surface area contributed by atoms with Crippen molar-refractivity contribution in [3.63, 3.8) is 0 Å². The van der Waals surface area contributed by atoms with Crippen LogP contribution in [0.2, 0.25) is 0 Å². The topological polar surface area (TPSA) is 66.0 Å². The van der Waals surface area contributed by atoms with E-state index in [9.17, 15) is 0 Å². The van der Waals surface area contributed by atoms with E-state index in [-0.39, 0.29) is 12.1 Å². The van der Waals surface area contributed by atoms with Crippen molar-refractivity contribution in [2.45, 2.75) is 31.4 Å². The maximum absolute atomic E-state index is 6.03. The monoisotopic (exact) mass is 196 g/mol. The van der Waals surface area contributed by atoms with Crippen LogP contribution >= 0.6 is 0 Å². The zero-order valence-electron chi connectivity index (χ0n) is 8.39. The molecule has 78 valence electrons. The first-order chi connectivity index (χ1) is 6.77. The molecule has 5 heteroatoms. The van der Waals surface area contributed by atoms with Crippen molar-refractivity contribution in [2.24, 2.45) is 12.8 Å². The largest absolute Gasteiger partial charge is 0.377 e. The van der Waals surface area contributed by atoms with Gasteiger partial charge in [-0.3, -0.25) is 4.68 Å². The average molecular weight is 196 g/mol. The van der Waals surface area contributed by atoms with Gasteiger partial charge in [0.05, 0.1) is 6.10 Å². The van der Waals surface area contributed by atoms with Crippen LogP contribution in [-0.4, -0.2) is 33.5 Å². The summed E-state index contributed by atoms with van der Waals surface area (Å²) in [6.45, 7) is 0.844. The molecule has 1 fully saturated rings. The standard InChI is InChI=1S/C9H16N4O/c1-13-9(11-6-12-13)5-7(10)8-3-2-4-14-8/h6-8H,2-5,10H2,1H3. The van der Waals surface area contributed by atoms with Crippen molar-refractivity contribution in [2.75, 3.05) is 6.61 Å². The molecule has 14 heavy (non-hydrogen) atoms. The van der Waals surface area contributed by atoms with Gasteiger partial charge < -0.3 is 10.5 Å². The molecule has 2 heterocycles. The summed E-state index contributed by atoms with van der Waals surface area (Å²) >= 11 is 0. The third-order valence-corrected chi connectivity index (χ3v) is 2.67. The van der Waals surface area contributed by atoms with Gasteiger partial charge in [-0.05, 0) is 12.8 Å². The minimum Gasteiger partial charge on any atom is -0.377 e. The zero-order chi connectivity index (χ0) is 9.97. The highest BCUT2D eigenvalue weighted by Gasteiger charge is 2.24. The fraction of sp³-hybridized carbons (Fsp3) is 0.778. The molecule has 5 nitrogen and oxygen atoms in total. The Kier molecular flexibility index (Phi) is 2.79. The molecule has 1 saturated heterocycles. The van der Waals surface area contributed by atoms with E-state index in [1.54, 1.807) is 11.0 Å². The van der Waals surface area contributed by atoms with E-state index in [1.165, 1.54) is 0 Å². The van der Waals surface area contributed by atoms with Crippen molar-refractivity contribution in [3.8, 4) is 0 Å². The molecular weight excluding hydrogens is 180 g/mol. The van der Waals surface area contributed by atoms with Gasteiger partial charge in [-0.2, -0.15) is 5.10 Å². The van der Waals surface area contributed by atoms with Gasteiger partial charge in [-0.15, -0.1) is 0 Å². The molecule has 2 rings (SSSR count). The summed E-state index contributed by atoms with van der Waals surface area (Å²) in [5, 5.41) is 4.01. The molecule has 1 aromatic heterocycles. The van der Waals surface area contributed by atoms with Crippen molar-refractivity contribution in [3.05, 3.63) is 12.2 Å². The Morgan fingerprint density at radius 3 is 3.21 bits per heavy atom. The molecule has 0 saturated carbocycles. The third kappa shape index (κ3) is 1.93. The van der Waals surface area contributed by atoms with Gasteiger partial charge in [0, 0.05) is 26.1 Å². The minimum absolute atomic E-state index is 0.0420. The van der Waals surface area contributed by atoms with Gasteiger partial charge in [0.15, 0.2) is 0 Å². The second-order valence-corrected chi connectivity index (χ2v) is 3.72. The molecule has 0 bridgehead atoms. The number of aromatic nitrogens is 3. The first-order valence-electron chi connectivity index (χ1n) is 4.97. The first kappa shape index (κ1) is 9.61. The Balaban J connectivity index is 1.93. The second-order valence-electron chi connectivity index (χ2n) is 3.72. The molecule has 2 N–H and O–H groups in total. The fourth-order valence-corrected chi connectivity index (χ4v) is 1.79. The number of nitrogens with zero attached hydrogens (tertiary/aromatic N) is 3. The molecule has 0 aromatic carbocycles. The quantitative estimate of drug-likeness (QED) is 0.731. The summed E-state index contributed by atoms with van der Waals surface area (Å²) in [6, 6.07) is 0.0420. The van der Waals surface area contributed by atoms with Crippen LogP contribution in [0.1, 0.15) is 18.7 Å². The average Bonchev–Trinajstić information content (AvgIpc) is 2.77. The van der Waals surface area contributed by atoms with Gasteiger partial charge in [0.1, 0.15) is 12.2 Å². The van der Waals surface area contributed by atoms with Gasteiger partial charge >= 0.3 is 0 Å². The first-order valence-corrected chi connectivity index (χ1v) is 4.97. The maximum atomic E-state index is 6.03. The molecule has 0 spiro atoms. The second kappa shape index (κ2) is 4.06. The minimum atomic E-state index is 0.0420. The van der Waals surface area contributed by atoms with E-state index in [0.29, 0.717) is 0 Å². The fourth-order valence-electron chi connectivity index (χ4n) is 1.79. The van der Waals surface area contributed by atoms with E-state index in [0.717, 1.165) is 31.7 Å². The summed E-state index contributed by atoms with van der Waals surface area (Å²) in [6.07, 6.45) is 4.68. The van der Waals surface area contributed by atoms with E-state index < -0.39 is 0 Å². The summed E-state index contributed by atoms with van der Waals surface area (Å²) in [5.74, 6) is 0.924. The van der Waals surface area contributed by atoms with Crippen LogP contribution in [-0.2, 0) is 18.2 Å². The lowest BCUT2D eigenvalue weighted by Gasteiger charge is -2.17. The predicted molar refractivity (Wildman–Crippen MR) is 51.7 cm³/mol. The Morgan fingerprint density at radius 1 is 1.79 bits per heavy atom. The lowest BCUT2D eigenvalue weighted by molar-refractivity contribution is 0.0892. The van der Waals surface area contributed by atoms with Crippen LogP contribution in [0, 0.1) is 0 Å². The zero-order valence-corrected chi connectivity index (χ0v) is 8.39. The van der Waals surface area contributed by atoms with Gasteiger partial charge in [0.2, 0.25) is 0 Å².